The van der Waals surface area contributed by atoms with E-state index >= 15 is 0 Å². The van der Waals surface area contributed by atoms with Gasteiger partial charge in [0.1, 0.15) is 11.9 Å². The SMILES string of the molecule is Cc1cc(NCc2ccnc(OC3CCOC3)c2)nc(-c2cccnc2)n1. The molecule has 0 radical (unpaired) electrons. The van der Waals surface area contributed by atoms with E-state index in [9.17, 15) is 0 Å². The van der Waals surface area contributed by atoms with Crippen molar-refractivity contribution in [3.63, 3.8) is 0 Å². The van der Waals surface area contributed by atoms with Crippen molar-refractivity contribution in [2.75, 3.05) is 18.5 Å². The van der Waals surface area contributed by atoms with Crippen LogP contribution in [0.4, 0.5) is 5.82 Å². The molecule has 3 aromatic rings. The van der Waals surface area contributed by atoms with E-state index in [2.05, 4.69) is 25.3 Å². The first-order valence-electron chi connectivity index (χ1n) is 8.95. The van der Waals surface area contributed by atoms with Crippen LogP contribution in [0.1, 0.15) is 17.7 Å². The Bertz CT molecular complexity index is 898. The average molecular weight is 363 g/mol. The monoisotopic (exact) mass is 363 g/mol. The van der Waals surface area contributed by atoms with Crippen LogP contribution in [0.25, 0.3) is 11.4 Å². The molecule has 1 fully saturated rings. The van der Waals surface area contributed by atoms with Crippen LogP contribution in [0.3, 0.4) is 0 Å². The topological polar surface area (TPSA) is 82.1 Å². The maximum atomic E-state index is 5.87. The predicted molar refractivity (Wildman–Crippen MR) is 101 cm³/mol. The maximum absolute atomic E-state index is 5.87. The molecule has 3 aromatic heterocycles. The van der Waals surface area contributed by atoms with E-state index in [0.717, 1.165) is 35.7 Å². The van der Waals surface area contributed by atoms with Crippen molar-refractivity contribution in [1.29, 1.82) is 0 Å². The second kappa shape index (κ2) is 8.09. The molecule has 1 aliphatic heterocycles. The Morgan fingerprint density at radius 1 is 1.22 bits per heavy atom. The quantitative estimate of drug-likeness (QED) is 0.721. The van der Waals surface area contributed by atoms with Crippen LogP contribution in [0.2, 0.25) is 0 Å². The van der Waals surface area contributed by atoms with Crippen molar-refractivity contribution in [2.45, 2.75) is 26.0 Å². The van der Waals surface area contributed by atoms with E-state index in [1.54, 1.807) is 18.6 Å². The minimum absolute atomic E-state index is 0.0901. The van der Waals surface area contributed by atoms with Crippen LogP contribution in [0.5, 0.6) is 5.88 Å². The van der Waals surface area contributed by atoms with Gasteiger partial charge in [0.25, 0.3) is 0 Å². The second-order valence-corrected chi connectivity index (χ2v) is 6.42. The maximum Gasteiger partial charge on any atom is 0.213 e. The highest BCUT2D eigenvalue weighted by molar-refractivity contribution is 5.56. The third-order valence-electron chi connectivity index (χ3n) is 4.22. The number of pyridine rings is 2. The summed E-state index contributed by atoms with van der Waals surface area (Å²) in [5.74, 6) is 2.05. The zero-order valence-corrected chi connectivity index (χ0v) is 15.1. The van der Waals surface area contributed by atoms with Crippen LogP contribution in [0, 0.1) is 6.92 Å². The fourth-order valence-electron chi connectivity index (χ4n) is 2.88. The summed E-state index contributed by atoms with van der Waals surface area (Å²) < 4.78 is 11.2. The summed E-state index contributed by atoms with van der Waals surface area (Å²) in [6.45, 7) is 3.94. The van der Waals surface area contributed by atoms with Gasteiger partial charge in [-0.05, 0) is 30.7 Å². The number of nitrogens with one attached hydrogen (secondary N) is 1. The van der Waals surface area contributed by atoms with Gasteiger partial charge in [0, 0.05) is 54.9 Å². The first kappa shape index (κ1) is 17.4. The molecule has 0 bridgehead atoms. The third-order valence-corrected chi connectivity index (χ3v) is 4.22. The molecule has 4 heterocycles. The Balaban J connectivity index is 1.45. The van der Waals surface area contributed by atoms with Gasteiger partial charge in [0.15, 0.2) is 5.82 Å². The Morgan fingerprint density at radius 3 is 3.00 bits per heavy atom. The molecule has 1 N–H and O–H groups in total. The summed E-state index contributed by atoms with van der Waals surface area (Å²) in [5, 5.41) is 3.35. The van der Waals surface area contributed by atoms with Gasteiger partial charge in [-0.3, -0.25) is 4.98 Å². The number of aromatic nitrogens is 4. The minimum Gasteiger partial charge on any atom is -0.472 e. The summed E-state index contributed by atoms with van der Waals surface area (Å²) in [7, 11) is 0. The highest BCUT2D eigenvalue weighted by atomic mass is 16.5. The number of ether oxygens (including phenoxy) is 2. The van der Waals surface area contributed by atoms with Crippen LogP contribution in [0.15, 0.2) is 48.9 Å². The van der Waals surface area contributed by atoms with E-state index in [0.29, 0.717) is 24.9 Å². The highest BCUT2D eigenvalue weighted by Gasteiger charge is 2.17. The van der Waals surface area contributed by atoms with Gasteiger partial charge in [-0.15, -0.1) is 0 Å². The lowest BCUT2D eigenvalue weighted by atomic mass is 10.2. The summed E-state index contributed by atoms with van der Waals surface area (Å²) >= 11 is 0. The first-order valence-corrected chi connectivity index (χ1v) is 8.95. The van der Waals surface area contributed by atoms with Crippen LogP contribution >= 0.6 is 0 Å². The molecule has 1 unspecified atom stereocenters. The number of aryl methyl sites for hydroxylation is 1. The van der Waals surface area contributed by atoms with Gasteiger partial charge < -0.3 is 14.8 Å². The summed E-state index contributed by atoms with van der Waals surface area (Å²) in [6.07, 6.45) is 6.25. The molecule has 0 spiro atoms. The number of hydrogen-bond acceptors (Lipinski definition) is 7. The standard InChI is InChI=1S/C20H21N5O2/c1-14-9-18(25-20(24-14)16-3-2-6-21-12-16)23-11-15-4-7-22-19(10-15)27-17-5-8-26-13-17/h2-4,6-7,9-10,12,17H,5,8,11,13H2,1H3,(H,23,24,25). The second-order valence-electron chi connectivity index (χ2n) is 6.42. The molecule has 0 amide bonds. The smallest absolute Gasteiger partial charge is 0.213 e. The number of rotatable bonds is 6. The third kappa shape index (κ3) is 4.57. The van der Waals surface area contributed by atoms with Crippen molar-refractivity contribution in [3.8, 4) is 17.3 Å². The first-order chi connectivity index (χ1) is 13.3. The van der Waals surface area contributed by atoms with Crippen molar-refractivity contribution >= 4 is 5.82 Å². The van der Waals surface area contributed by atoms with Crippen molar-refractivity contribution < 1.29 is 9.47 Å². The molecule has 7 nitrogen and oxygen atoms in total. The Morgan fingerprint density at radius 2 is 2.19 bits per heavy atom. The van der Waals surface area contributed by atoms with E-state index in [1.165, 1.54) is 0 Å². The van der Waals surface area contributed by atoms with Gasteiger partial charge in [0.2, 0.25) is 5.88 Å². The normalized spacial score (nSPS) is 16.3. The molecule has 0 aliphatic carbocycles. The van der Waals surface area contributed by atoms with Gasteiger partial charge in [-0.2, -0.15) is 0 Å². The summed E-state index contributed by atoms with van der Waals surface area (Å²) in [6, 6.07) is 9.66. The van der Waals surface area contributed by atoms with Gasteiger partial charge in [0.05, 0.1) is 13.2 Å². The fraction of sp³-hybridized carbons (Fsp3) is 0.300. The van der Waals surface area contributed by atoms with Crippen LogP contribution < -0.4 is 10.1 Å². The zero-order chi connectivity index (χ0) is 18.5. The molecule has 0 saturated carbocycles. The van der Waals surface area contributed by atoms with Crippen LogP contribution in [-0.4, -0.2) is 39.3 Å². The van der Waals surface area contributed by atoms with Gasteiger partial charge in [-0.25, -0.2) is 15.0 Å². The van der Waals surface area contributed by atoms with E-state index in [1.807, 2.05) is 37.3 Å². The Labute approximate surface area is 157 Å². The molecule has 27 heavy (non-hydrogen) atoms. The molecule has 0 aromatic carbocycles. The summed E-state index contributed by atoms with van der Waals surface area (Å²) in [5.41, 5.74) is 2.85. The van der Waals surface area contributed by atoms with E-state index < -0.39 is 0 Å². The van der Waals surface area contributed by atoms with Crippen molar-refractivity contribution in [1.82, 2.24) is 19.9 Å². The van der Waals surface area contributed by atoms with Gasteiger partial charge >= 0.3 is 0 Å². The van der Waals surface area contributed by atoms with E-state index in [4.69, 9.17) is 9.47 Å². The molecule has 7 heteroatoms. The number of nitrogens with zero attached hydrogens (tertiary/aromatic N) is 4. The molecular weight excluding hydrogens is 342 g/mol. The lowest BCUT2D eigenvalue weighted by Crippen LogP contribution is -2.16. The minimum atomic E-state index is 0.0901. The number of hydrogen-bond donors (Lipinski definition) is 1. The highest BCUT2D eigenvalue weighted by Crippen LogP contribution is 2.19. The fourth-order valence-corrected chi connectivity index (χ4v) is 2.88. The zero-order valence-electron chi connectivity index (χ0n) is 15.1. The van der Waals surface area contributed by atoms with Crippen molar-refractivity contribution in [2.24, 2.45) is 0 Å². The largest absolute Gasteiger partial charge is 0.472 e. The number of anilines is 1. The van der Waals surface area contributed by atoms with Crippen LogP contribution in [-0.2, 0) is 11.3 Å². The lowest BCUT2D eigenvalue weighted by molar-refractivity contribution is 0.138. The molecule has 1 aliphatic rings. The lowest BCUT2D eigenvalue weighted by Gasteiger charge is -2.12. The van der Waals surface area contributed by atoms with Gasteiger partial charge in [-0.1, -0.05) is 0 Å². The van der Waals surface area contributed by atoms with Crippen molar-refractivity contribution in [3.05, 3.63) is 60.2 Å². The average Bonchev–Trinajstić information content (AvgIpc) is 3.20. The van der Waals surface area contributed by atoms with E-state index in [-0.39, 0.29) is 6.10 Å². The Kier molecular flexibility index (Phi) is 5.20. The predicted octanol–water partition coefficient (Wildman–Crippen LogP) is 3.02. The summed E-state index contributed by atoms with van der Waals surface area (Å²) in [4.78, 5) is 17.5. The molecule has 1 atom stereocenters. The molecular formula is C20H21N5O2. The molecule has 138 valence electrons. The molecule has 4 rings (SSSR count). The Hall–Kier alpha value is -3.06. The molecule has 1 saturated heterocycles.